The van der Waals surface area contributed by atoms with Crippen LogP contribution < -0.4 is 14.8 Å². The van der Waals surface area contributed by atoms with Crippen molar-refractivity contribution in [3.8, 4) is 11.5 Å². The highest BCUT2D eigenvalue weighted by Crippen LogP contribution is 2.30. The number of likely N-dealkylation sites (tertiary alicyclic amines) is 1. The minimum absolute atomic E-state index is 0.0105. The van der Waals surface area contributed by atoms with Crippen molar-refractivity contribution in [2.45, 2.75) is 12.1 Å². The normalized spacial score (nSPS) is 20.4. The molecule has 2 aliphatic rings. The fraction of sp³-hybridized carbons (Fsp3) is 0.412. The van der Waals surface area contributed by atoms with Crippen LogP contribution in [-0.2, 0) is 4.79 Å². The summed E-state index contributed by atoms with van der Waals surface area (Å²) in [6, 6.07) is 9.86. The molecule has 7 nitrogen and oxygen atoms in total. The molecule has 1 atom stereocenters. The van der Waals surface area contributed by atoms with E-state index in [0.717, 1.165) is 24.6 Å². The molecule has 1 amide bonds. The lowest BCUT2D eigenvalue weighted by atomic mass is 10.1. The van der Waals surface area contributed by atoms with E-state index < -0.39 is 0 Å². The molecule has 1 unspecified atom stereocenters. The molecule has 2 aromatic rings. The third kappa shape index (κ3) is 3.21. The van der Waals surface area contributed by atoms with Crippen molar-refractivity contribution in [1.82, 2.24) is 20.0 Å². The van der Waals surface area contributed by atoms with Gasteiger partial charge in [-0.2, -0.15) is 5.10 Å². The van der Waals surface area contributed by atoms with E-state index in [1.165, 1.54) is 0 Å². The molecule has 0 saturated carbocycles. The number of benzene rings is 1. The van der Waals surface area contributed by atoms with Gasteiger partial charge in [0.1, 0.15) is 12.7 Å². The smallest absolute Gasteiger partial charge is 0.234 e. The Bertz CT molecular complexity index is 698. The number of hydrogen-bond acceptors (Lipinski definition) is 5. The number of para-hydroxylation sites is 2. The fourth-order valence-corrected chi connectivity index (χ4v) is 2.99. The van der Waals surface area contributed by atoms with E-state index >= 15 is 0 Å². The van der Waals surface area contributed by atoms with E-state index in [2.05, 4.69) is 15.3 Å². The van der Waals surface area contributed by atoms with Gasteiger partial charge in [-0.25, -0.2) is 0 Å². The number of rotatable bonds is 5. The number of amides is 1. The van der Waals surface area contributed by atoms with Crippen LogP contribution >= 0.6 is 0 Å². The van der Waals surface area contributed by atoms with Gasteiger partial charge in [0.15, 0.2) is 11.5 Å². The number of aromatic nitrogens is 2. The van der Waals surface area contributed by atoms with Crippen molar-refractivity contribution in [3.05, 3.63) is 42.7 Å². The van der Waals surface area contributed by atoms with Crippen LogP contribution in [0, 0.1) is 0 Å². The zero-order chi connectivity index (χ0) is 16.4. The monoisotopic (exact) mass is 328 g/mol. The Hall–Kier alpha value is -2.54. The van der Waals surface area contributed by atoms with E-state index in [1.54, 1.807) is 6.20 Å². The van der Waals surface area contributed by atoms with Crippen molar-refractivity contribution in [2.24, 2.45) is 0 Å². The number of ether oxygens (including phenoxy) is 2. The third-order valence-corrected chi connectivity index (χ3v) is 4.30. The predicted octanol–water partition coefficient (Wildman–Crippen LogP) is 0.696. The first-order valence-corrected chi connectivity index (χ1v) is 8.14. The lowest BCUT2D eigenvalue weighted by Gasteiger charge is -2.38. The summed E-state index contributed by atoms with van der Waals surface area (Å²) in [5.41, 5.74) is 0. The third-order valence-electron chi connectivity index (χ3n) is 4.30. The molecule has 1 aromatic carbocycles. The Morgan fingerprint density at radius 3 is 2.88 bits per heavy atom. The van der Waals surface area contributed by atoms with Gasteiger partial charge in [0.05, 0.1) is 19.1 Å². The summed E-state index contributed by atoms with van der Waals surface area (Å²) in [5, 5.41) is 7.15. The van der Waals surface area contributed by atoms with Crippen molar-refractivity contribution in [3.63, 3.8) is 0 Å². The van der Waals surface area contributed by atoms with E-state index in [4.69, 9.17) is 9.47 Å². The zero-order valence-corrected chi connectivity index (χ0v) is 13.3. The average Bonchev–Trinajstić information content (AvgIpc) is 3.09. The summed E-state index contributed by atoms with van der Waals surface area (Å²) in [5.74, 6) is 1.49. The van der Waals surface area contributed by atoms with Crippen LogP contribution in [0.5, 0.6) is 11.5 Å². The maximum atomic E-state index is 12.1. The number of hydrogen-bond donors (Lipinski definition) is 1. The van der Waals surface area contributed by atoms with Gasteiger partial charge in [0.2, 0.25) is 5.91 Å². The topological polar surface area (TPSA) is 68.6 Å². The molecule has 0 spiro atoms. The quantitative estimate of drug-likeness (QED) is 0.875. The molecule has 7 heteroatoms. The Labute approximate surface area is 140 Å². The number of carbonyl (C=O) groups is 1. The molecule has 1 saturated heterocycles. The molecule has 1 fully saturated rings. The number of nitrogens with one attached hydrogen (secondary N) is 1. The highest BCUT2D eigenvalue weighted by Gasteiger charge is 2.30. The van der Waals surface area contributed by atoms with Crippen LogP contribution in [-0.4, -0.2) is 59.5 Å². The van der Waals surface area contributed by atoms with Gasteiger partial charge in [-0.15, -0.1) is 0 Å². The summed E-state index contributed by atoms with van der Waals surface area (Å²) in [7, 11) is 0. The Morgan fingerprint density at radius 1 is 1.25 bits per heavy atom. The van der Waals surface area contributed by atoms with Gasteiger partial charge >= 0.3 is 0 Å². The summed E-state index contributed by atoms with van der Waals surface area (Å²) in [4.78, 5) is 14.2. The molecule has 2 aliphatic heterocycles. The Kier molecular flexibility index (Phi) is 4.08. The van der Waals surface area contributed by atoms with E-state index in [-0.39, 0.29) is 12.0 Å². The minimum Gasteiger partial charge on any atom is -0.486 e. The van der Waals surface area contributed by atoms with Crippen LogP contribution in [0.4, 0.5) is 0 Å². The number of carbonyl (C=O) groups excluding carboxylic acids is 1. The van der Waals surface area contributed by atoms with Gasteiger partial charge in [-0.3, -0.25) is 14.4 Å². The maximum absolute atomic E-state index is 12.1. The molecule has 4 rings (SSSR count). The molecule has 0 bridgehead atoms. The average molecular weight is 328 g/mol. The molecule has 1 N–H and O–H groups in total. The lowest BCUT2D eigenvalue weighted by Crippen LogP contribution is -2.52. The fourth-order valence-electron chi connectivity index (χ4n) is 2.99. The first-order valence-electron chi connectivity index (χ1n) is 8.14. The van der Waals surface area contributed by atoms with E-state index in [0.29, 0.717) is 25.7 Å². The molecular formula is C17H20N4O3. The number of nitrogens with zero attached hydrogens (tertiary/aromatic N) is 3. The maximum Gasteiger partial charge on any atom is 0.234 e. The van der Waals surface area contributed by atoms with Crippen molar-refractivity contribution >= 4 is 5.91 Å². The molecule has 0 aliphatic carbocycles. The standard InChI is InChI=1S/C17H20N4O3/c22-17(11-20-9-13(10-20)21-7-3-6-19-21)18-8-14-12-23-15-4-1-2-5-16(15)24-14/h1-7,13-14H,8-12H2,(H,18,22). The molecular weight excluding hydrogens is 308 g/mol. The van der Waals surface area contributed by atoms with Crippen LogP contribution in [0.3, 0.4) is 0 Å². The highest BCUT2D eigenvalue weighted by atomic mass is 16.6. The molecule has 0 radical (unpaired) electrons. The molecule has 126 valence electrons. The van der Waals surface area contributed by atoms with Gasteiger partial charge in [-0.1, -0.05) is 12.1 Å². The SMILES string of the molecule is O=C(CN1CC(n2cccn2)C1)NCC1COc2ccccc2O1. The second-order valence-corrected chi connectivity index (χ2v) is 6.14. The predicted molar refractivity (Wildman–Crippen MR) is 87.1 cm³/mol. The van der Waals surface area contributed by atoms with Crippen LogP contribution in [0.1, 0.15) is 6.04 Å². The first kappa shape index (κ1) is 15.0. The summed E-state index contributed by atoms with van der Waals surface area (Å²) < 4.78 is 13.4. The largest absolute Gasteiger partial charge is 0.486 e. The summed E-state index contributed by atoms with van der Waals surface area (Å²) >= 11 is 0. The van der Waals surface area contributed by atoms with Crippen molar-refractivity contribution in [1.29, 1.82) is 0 Å². The molecule has 3 heterocycles. The number of fused-ring (bicyclic) bond motifs is 1. The molecule has 1 aromatic heterocycles. The van der Waals surface area contributed by atoms with Crippen LogP contribution in [0.15, 0.2) is 42.7 Å². The van der Waals surface area contributed by atoms with Gasteiger partial charge in [0, 0.05) is 25.5 Å². The van der Waals surface area contributed by atoms with E-state index in [9.17, 15) is 4.79 Å². The summed E-state index contributed by atoms with van der Waals surface area (Å²) in [6.07, 6.45) is 3.58. The molecule has 24 heavy (non-hydrogen) atoms. The second kappa shape index (κ2) is 6.52. The lowest BCUT2D eigenvalue weighted by molar-refractivity contribution is -0.124. The first-order chi connectivity index (χ1) is 11.8. The van der Waals surface area contributed by atoms with Gasteiger partial charge < -0.3 is 14.8 Å². The van der Waals surface area contributed by atoms with Gasteiger partial charge in [0.25, 0.3) is 0 Å². The Balaban J connectivity index is 1.18. The van der Waals surface area contributed by atoms with Crippen molar-refractivity contribution in [2.75, 3.05) is 32.8 Å². The van der Waals surface area contributed by atoms with Crippen LogP contribution in [0.25, 0.3) is 0 Å². The zero-order valence-electron chi connectivity index (χ0n) is 13.3. The Morgan fingerprint density at radius 2 is 2.08 bits per heavy atom. The van der Waals surface area contributed by atoms with E-state index in [1.807, 2.05) is 41.2 Å². The summed E-state index contributed by atoms with van der Waals surface area (Å²) in [6.45, 7) is 3.00. The highest BCUT2D eigenvalue weighted by molar-refractivity contribution is 5.78. The van der Waals surface area contributed by atoms with Crippen molar-refractivity contribution < 1.29 is 14.3 Å². The minimum atomic E-state index is -0.155. The second-order valence-electron chi connectivity index (χ2n) is 6.14. The van der Waals surface area contributed by atoms with Gasteiger partial charge in [-0.05, 0) is 18.2 Å². The van der Waals surface area contributed by atoms with Crippen LogP contribution in [0.2, 0.25) is 0 Å².